The maximum Gasteiger partial charge on any atom is 0.255 e. The van der Waals surface area contributed by atoms with Crippen molar-refractivity contribution in [2.75, 3.05) is 12.8 Å². The van der Waals surface area contributed by atoms with Crippen LogP contribution in [0.25, 0.3) is 0 Å². The number of amides is 1. The lowest BCUT2D eigenvalue weighted by Crippen LogP contribution is -2.35. The van der Waals surface area contributed by atoms with Crippen molar-refractivity contribution in [3.05, 3.63) is 28.8 Å². The zero-order chi connectivity index (χ0) is 12.4. The van der Waals surface area contributed by atoms with Gasteiger partial charge in [-0.3, -0.25) is 4.79 Å². The first kappa shape index (κ1) is 12.2. The molecule has 2 N–H and O–H groups in total. The molecule has 1 saturated carbocycles. The van der Waals surface area contributed by atoms with Crippen LogP contribution in [-0.4, -0.2) is 23.9 Å². The van der Waals surface area contributed by atoms with Gasteiger partial charge >= 0.3 is 0 Å². The van der Waals surface area contributed by atoms with Crippen molar-refractivity contribution in [2.24, 2.45) is 0 Å². The van der Waals surface area contributed by atoms with E-state index in [2.05, 4.69) is 0 Å². The van der Waals surface area contributed by atoms with Gasteiger partial charge in [0.15, 0.2) is 0 Å². The fraction of sp³-hybridized carbons (Fsp3) is 0.462. The molecule has 0 heterocycles. The van der Waals surface area contributed by atoms with Crippen molar-refractivity contribution in [3.63, 3.8) is 0 Å². The molecule has 3 nitrogen and oxygen atoms in total. The van der Waals surface area contributed by atoms with Gasteiger partial charge in [-0.05, 0) is 31.0 Å². The summed E-state index contributed by atoms with van der Waals surface area (Å²) in [7, 11) is 1.85. The number of nitrogens with zero attached hydrogens (tertiary/aromatic N) is 1. The first-order chi connectivity index (χ1) is 8.09. The third kappa shape index (κ3) is 2.55. The van der Waals surface area contributed by atoms with E-state index in [-0.39, 0.29) is 5.91 Å². The molecule has 0 unspecified atom stereocenters. The molecule has 1 fully saturated rings. The van der Waals surface area contributed by atoms with E-state index in [0.29, 0.717) is 22.3 Å². The summed E-state index contributed by atoms with van der Waals surface area (Å²) >= 11 is 5.90. The van der Waals surface area contributed by atoms with Gasteiger partial charge < -0.3 is 10.6 Å². The van der Waals surface area contributed by atoms with E-state index in [4.69, 9.17) is 17.3 Å². The highest BCUT2D eigenvalue weighted by atomic mass is 35.5. The van der Waals surface area contributed by atoms with Gasteiger partial charge in [0.1, 0.15) is 0 Å². The predicted octanol–water partition coefficient (Wildman–Crippen LogP) is 2.94. The Morgan fingerprint density at radius 3 is 2.71 bits per heavy atom. The quantitative estimate of drug-likeness (QED) is 0.823. The molecule has 2 rings (SSSR count). The molecule has 0 spiro atoms. The standard InChI is InChI=1S/C13H17ClN2O/c1-16(10-4-2-3-5-10)13(17)11-8-9(14)6-7-12(11)15/h6-8,10H,2-5,15H2,1H3. The Kier molecular flexibility index (Phi) is 3.57. The third-order valence-electron chi connectivity index (χ3n) is 3.44. The number of hydrogen-bond donors (Lipinski definition) is 1. The average Bonchev–Trinajstić information content (AvgIpc) is 2.84. The molecule has 0 bridgehead atoms. The van der Waals surface area contributed by atoms with E-state index in [9.17, 15) is 4.79 Å². The van der Waals surface area contributed by atoms with Crippen molar-refractivity contribution in [2.45, 2.75) is 31.7 Å². The van der Waals surface area contributed by atoms with Crippen LogP contribution in [0.15, 0.2) is 18.2 Å². The maximum atomic E-state index is 12.3. The highest BCUT2D eigenvalue weighted by Crippen LogP contribution is 2.26. The first-order valence-corrected chi connectivity index (χ1v) is 6.29. The molecule has 1 aliphatic rings. The Morgan fingerprint density at radius 2 is 2.06 bits per heavy atom. The molecular formula is C13H17ClN2O. The summed E-state index contributed by atoms with van der Waals surface area (Å²) < 4.78 is 0. The van der Waals surface area contributed by atoms with Gasteiger partial charge in [-0.2, -0.15) is 0 Å². The monoisotopic (exact) mass is 252 g/mol. The largest absolute Gasteiger partial charge is 0.398 e. The average molecular weight is 253 g/mol. The fourth-order valence-corrected chi connectivity index (χ4v) is 2.53. The van der Waals surface area contributed by atoms with Gasteiger partial charge in [0, 0.05) is 23.8 Å². The molecule has 0 aliphatic heterocycles. The van der Waals surface area contributed by atoms with Crippen LogP contribution in [-0.2, 0) is 0 Å². The molecule has 0 saturated heterocycles. The van der Waals surface area contributed by atoms with Crippen LogP contribution in [0.3, 0.4) is 0 Å². The zero-order valence-corrected chi connectivity index (χ0v) is 10.7. The molecule has 0 atom stereocenters. The van der Waals surface area contributed by atoms with Crippen LogP contribution >= 0.6 is 11.6 Å². The predicted molar refractivity (Wildman–Crippen MR) is 70.2 cm³/mol. The molecule has 92 valence electrons. The van der Waals surface area contributed by atoms with Crippen molar-refractivity contribution in [1.82, 2.24) is 4.90 Å². The number of carbonyl (C=O) groups excluding carboxylic acids is 1. The minimum Gasteiger partial charge on any atom is -0.398 e. The normalized spacial score (nSPS) is 16.1. The number of anilines is 1. The minimum absolute atomic E-state index is 0.0306. The molecular weight excluding hydrogens is 236 g/mol. The Balaban J connectivity index is 2.20. The summed E-state index contributed by atoms with van der Waals surface area (Å²) in [5, 5.41) is 0.544. The summed E-state index contributed by atoms with van der Waals surface area (Å²) in [6.45, 7) is 0. The lowest BCUT2D eigenvalue weighted by Gasteiger charge is -2.25. The molecule has 17 heavy (non-hydrogen) atoms. The maximum absolute atomic E-state index is 12.3. The molecule has 1 amide bonds. The van der Waals surface area contributed by atoms with E-state index >= 15 is 0 Å². The third-order valence-corrected chi connectivity index (χ3v) is 3.67. The Hall–Kier alpha value is -1.22. The van der Waals surface area contributed by atoms with E-state index in [1.165, 1.54) is 12.8 Å². The van der Waals surface area contributed by atoms with Crippen molar-refractivity contribution >= 4 is 23.2 Å². The van der Waals surface area contributed by atoms with Crippen LogP contribution in [0, 0.1) is 0 Å². The second kappa shape index (κ2) is 4.96. The number of nitrogens with two attached hydrogens (primary N) is 1. The molecule has 1 aromatic rings. The van der Waals surface area contributed by atoms with Crippen molar-refractivity contribution in [1.29, 1.82) is 0 Å². The fourth-order valence-electron chi connectivity index (χ4n) is 2.36. The number of halogens is 1. The molecule has 4 heteroatoms. The molecule has 0 radical (unpaired) electrons. The molecule has 1 aliphatic carbocycles. The number of carbonyl (C=O) groups is 1. The Labute approximate surface area is 107 Å². The highest BCUT2D eigenvalue weighted by molar-refractivity contribution is 6.31. The SMILES string of the molecule is CN(C(=O)c1cc(Cl)ccc1N)C1CCCC1. The van der Waals surface area contributed by atoms with Gasteiger partial charge in [-0.1, -0.05) is 24.4 Å². The first-order valence-electron chi connectivity index (χ1n) is 5.92. The van der Waals surface area contributed by atoms with Gasteiger partial charge in [0.25, 0.3) is 5.91 Å². The number of rotatable bonds is 2. The van der Waals surface area contributed by atoms with E-state index in [1.807, 2.05) is 7.05 Å². The lowest BCUT2D eigenvalue weighted by atomic mass is 10.1. The van der Waals surface area contributed by atoms with E-state index in [0.717, 1.165) is 12.8 Å². The van der Waals surface area contributed by atoms with E-state index in [1.54, 1.807) is 23.1 Å². The van der Waals surface area contributed by atoms with Crippen LogP contribution in [0.2, 0.25) is 5.02 Å². The second-order valence-corrected chi connectivity index (χ2v) is 5.02. The second-order valence-electron chi connectivity index (χ2n) is 4.59. The van der Waals surface area contributed by atoms with Gasteiger partial charge in [0.2, 0.25) is 0 Å². The highest BCUT2D eigenvalue weighted by Gasteiger charge is 2.25. The number of nitrogen functional groups attached to an aromatic ring is 1. The summed E-state index contributed by atoms with van der Waals surface area (Å²) in [6, 6.07) is 5.37. The van der Waals surface area contributed by atoms with Crippen LogP contribution < -0.4 is 5.73 Å². The van der Waals surface area contributed by atoms with Crippen LogP contribution in [0.1, 0.15) is 36.0 Å². The van der Waals surface area contributed by atoms with Gasteiger partial charge in [-0.15, -0.1) is 0 Å². The summed E-state index contributed by atoms with van der Waals surface area (Å²) in [5.41, 5.74) is 6.82. The van der Waals surface area contributed by atoms with Crippen molar-refractivity contribution in [3.8, 4) is 0 Å². The van der Waals surface area contributed by atoms with Crippen LogP contribution in [0.5, 0.6) is 0 Å². The minimum atomic E-state index is -0.0306. The van der Waals surface area contributed by atoms with Crippen LogP contribution in [0.4, 0.5) is 5.69 Å². The Morgan fingerprint density at radius 1 is 1.41 bits per heavy atom. The molecule has 1 aromatic carbocycles. The smallest absolute Gasteiger partial charge is 0.255 e. The topological polar surface area (TPSA) is 46.3 Å². The summed E-state index contributed by atoms with van der Waals surface area (Å²) in [6.07, 6.45) is 4.58. The lowest BCUT2D eigenvalue weighted by molar-refractivity contribution is 0.0736. The number of benzene rings is 1. The van der Waals surface area contributed by atoms with Gasteiger partial charge in [0.05, 0.1) is 5.56 Å². The zero-order valence-electron chi connectivity index (χ0n) is 9.95. The van der Waals surface area contributed by atoms with E-state index < -0.39 is 0 Å². The summed E-state index contributed by atoms with van der Waals surface area (Å²) in [4.78, 5) is 14.1. The van der Waals surface area contributed by atoms with Crippen molar-refractivity contribution < 1.29 is 4.79 Å². The molecule has 0 aromatic heterocycles. The Bertz CT molecular complexity index is 427. The van der Waals surface area contributed by atoms with Gasteiger partial charge in [-0.25, -0.2) is 0 Å². The summed E-state index contributed by atoms with van der Waals surface area (Å²) in [5.74, 6) is -0.0306. The number of hydrogen-bond acceptors (Lipinski definition) is 2.